The average Bonchev–Trinajstić information content (AvgIpc) is 2.25. The fraction of sp³-hybridized carbons (Fsp3) is 0.909. The first-order valence-corrected chi connectivity index (χ1v) is 5.73. The lowest BCUT2D eigenvalue weighted by molar-refractivity contribution is -0.144. The Kier molecular flexibility index (Phi) is 5.05. The third kappa shape index (κ3) is 3.47. The van der Waals surface area contributed by atoms with E-state index in [0.29, 0.717) is 13.2 Å². The van der Waals surface area contributed by atoms with E-state index in [1.807, 2.05) is 6.92 Å². The van der Waals surface area contributed by atoms with E-state index in [1.165, 1.54) is 6.42 Å². The number of piperidine rings is 1. The van der Waals surface area contributed by atoms with Gasteiger partial charge in [-0.3, -0.25) is 9.69 Å². The summed E-state index contributed by atoms with van der Waals surface area (Å²) in [6, 6.07) is -0.111. The van der Waals surface area contributed by atoms with Crippen LogP contribution in [0.1, 0.15) is 33.1 Å². The Labute approximate surface area is 91.2 Å². The maximum absolute atomic E-state index is 10.9. The van der Waals surface area contributed by atoms with Crippen molar-refractivity contribution < 1.29 is 14.6 Å². The molecule has 0 amide bonds. The van der Waals surface area contributed by atoms with Crippen LogP contribution in [0.5, 0.6) is 0 Å². The predicted molar refractivity (Wildman–Crippen MR) is 57.9 cm³/mol. The van der Waals surface area contributed by atoms with E-state index in [1.54, 1.807) is 6.92 Å². The summed E-state index contributed by atoms with van der Waals surface area (Å²) in [6.45, 7) is 5.96. The van der Waals surface area contributed by atoms with E-state index in [-0.39, 0.29) is 6.04 Å². The molecule has 0 aromatic carbocycles. The minimum atomic E-state index is -0.738. The summed E-state index contributed by atoms with van der Waals surface area (Å²) in [6.07, 6.45) is 3.33. The molecule has 0 unspecified atom stereocenters. The normalized spacial score (nSPS) is 25.1. The highest BCUT2D eigenvalue weighted by Gasteiger charge is 2.29. The molecular formula is C11H21NO3. The molecule has 0 aliphatic carbocycles. The van der Waals surface area contributed by atoms with Crippen LogP contribution in [-0.2, 0) is 9.53 Å². The third-order valence-electron chi connectivity index (χ3n) is 3.04. The minimum absolute atomic E-state index is 0.282. The van der Waals surface area contributed by atoms with Gasteiger partial charge in [0.2, 0.25) is 0 Å². The van der Waals surface area contributed by atoms with Crippen LogP contribution in [0.4, 0.5) is 0 Å². The number of ether oxygens (including phenoxy) is 1. The largest absolute Gasteiger partial charge is 0.480 e. The fourth-order valence-corrected chi connectivity index (χ4v) is 2.11. The summed E-state index contributed by atoms with van der Waals surface area (Å²) in [4.78, 5) is 13.0. The molecule has 4 nitrogen and oxygen atoms in total. The monoisotopic (exact) mass is 215 g/mol. The lowest BCUT2D eigenvalue weighted by Gasteiger charge is -2.37. The summed E-state index contributed by atoms with van der Waals surface area (Å²) in [5, 5.41) is 8.99. The van der Waals surface area contributed by atoms with Gasteiger partial charge in [-0.25, -0.2) is 0 Å². The van der Waals surface area contributed by atoms with E-state index in [9.17, 15) is 4.79 Å². The van der Waals surface area contributed by atoms with Crippen LogP contribution in [0.15, 0.2) is 0 Å². The predicted octanol–water partition coefficient (Wildman–Crippen LogP) is 1.35. The number of carboxylic acid groups (broad SMARTS) is 1. The molecule has 1 saturated heterocycles. The second kappa shape index (κ2) is 6.08. The van der Waals surface area contributed by atoms with Crippen molar-refractivity contribution in [2.75, 3.05) is 19.8 Å². The molecule has 15 heavy (non-hydrogen) atoms. The van der Waals surface area contributed by atoms with Gasteiger partial charge in [-0.15, -0.1) is 0 Å². The van der Waals surface area contributed by atoms with Crippen LogP contribution in [-0.4, -0.2) is 47.8 Å². The molecule has 0 bridgehead atoms. The molecule has 0 saturated carbocycles. The molecule has 1 aliphatic heterocycles. The molecule has 0 spiro atoms. The maximum atomic E-state index is 10.9. The van der Waals surface area contributed by atoms with Gasteiger partial charge in [-0.05, 0) is 33.2 Å². The van der Waals surface area contributed by atoms with E-state index in [4.69, 9.17) is 9.84 Å². The third-order valence-corrected chi connectivity index (χ3v) is 3.04. The number of likely N-dealkylation sites (tertiary alicyclic amines) is 1. The number of carbonyl (C=O) groups is 1. The lowest BCUT2D eigenvalue weighted by atomic mass is 10.0. The SMILES string of the molecule is CCOC[C@H]1CCCCN1[C@H](C)C(=O)O. The zero-order valence-corrected chi connectivity index (χ0v) is 9.61. The number of aliphatic carboxylic acids is 1. The average molecular weight is 215 g/mol. The van der Waals surface area contributed by atoms with Crippen LogP contribution < -0.4 is 0 Å². The van der Waals surface area contributed by atoms with E-state index >= 15 is 0 Å². The zero-order chi connectivity index (χ0) is 11.3. The molecule has 1 rings (SSSR count). The minimum Gasteiger partial charge on any atom is -0.480 e. The Morgan fingerprint density at radius 3 is 2.93 bits per heavy atom. The van der Waals surface area contributed by atoms with E-state index in [0.717, 1.165) is 19.4 Å². The Balaban J connectivity index is 2.52. The first-order valence-electron chi connectivity index (χ1n) is 5.73. The van der Waals surface area contributed by atoms with Crippen molar-refractivity contribution in [1.82, 2.24) is 4.90 Å². The van der Waals surface area contributed by atoms with Crippen molar-refractivity contribution in [1.29, 1.82) is 0 Å². The van der Waals surface area contributed by atoms with Gasteiger partial charge in [0.25, 0.3) is 0 Å². The first kappa shape index (κ1) is 12.5. The molecular weight excluding hydrogens is 194 g/mol. The number of nitrogens with zero attached hydrogens (tertiary/aromatic N) is 1. The van der Waals surface area contributed by atoms with Crippen LogP contribution in [0, 0.1) is 0 Å². The number of hydrogen-bond acceptors (Lipinski definition) is 3. The van der Waals surface area contributed by atoms with Gasteiger partial charge in [-0.2, -0.15) is 0 Å². The quantitative estimate of drug-likeness (QED) is 0.752. The standard InChI is InChI=1S/C11H21NO3/c1-3-15-8-10-6-4-5-7-12(10)9(2)11(13)14/h9-10H,3-8H2,1-2H3,(H,13,14)/t9-,10-/m1/s1. The molecule has 1 N–H and O–H groups in total. The summed E-state index contributed by atoms with van der Waals surface area (Å²) in [7, 11) is 0. The molecule has 0 aromatic rings. The number of carboxylic acids is 1. The highest BCUT2D eigenvalue weighted by Crippen LogP contribution is 2.19. The molecule has 1 fully saturated rings. The molecule has 1 aliphatic rings. The number of hydrogen-bond donors (Lipinski definition) is 1. The number of rotatable bonds is 5. The highest BCUT2D eigenvalue weighted by atomic mass is 16.5. The Morgan fingerprint density at radius 1 is 1.60 bits per heavy atom. The smallest absolute Gasteiger partial charge is 0.320 e. The van der Waals surface area contributed by atoms with Crippen LogP contribution in [0.2, 0.25) is 0 Å². The Bertz CT molecular complexity index is 208. The van der Waals surface area contributed by atoms with Crippen molar-refractivity contribution in [3.8, 4) is 0 Å². The van der Waals surface area contributed by atoms with Crippen LogP contribution in [0.3, 0.4) is 0 Å². The summed E-state index contributed by atoms with van der Waals surface area (Å²) >= 11 is 0. The summed E-state index contributed by atoms with van der Waals surface area (Å²) in [5.74, 6) is -0.738. The van der Waals surface area contributed by atoms with Gasteiger partial charge in [-0.1, -0.05) is 6.42 Å². The van der Waals surface area contributed by atoms with Gasteiger partial charge in [0, 0.05) is 12.6 Å². The fourth-order valence-electron chi connectivity index (χ4n) is 2.11. The zero-order valence-electron chi connectivity index (χ0n) is 9.61. The van der Waals surface area contributed by atoms with Crippen molar-refractivity contribution in [2.45, 2.75) is 45.2 Å². The van der Waals surface area contributed by atoms with E-state index in [2.05, 4.69) is 4.90 Å². The van der Waals surface area contributed by atoms with Gasteiger partial charge in [0.1, 0.15) is 6.04 Å². The topological polar surface area (TPSA) is 49.8 Å². The highest BCUT2D eigenvalue weighted by molar-refractivity contribution is 5.72. The Hall–Kier alpha value is -0.610. The summed E-state index contributed by atoms with van der Waals surface area (Å²) in [5.41, 5.74) is 0. The summed E-state index contributed by atoms with van der Waals surface area (Å²) < 4.78 is 5.40. The second-order valence-electron chi connectivity index (χ2n) is 4.06. The van der Waals surface area contributed by atoms with Gasteiger partial charge < -0.3 is 9.84 Å². The molecule has 0 aromatic heterocycles. The van der Waals surface area contributed by atoms with Gasteiger partial charge in [0.05, 0.1) is 6.61 Å². The van der Waals surface area contributed by atoms with Gasteiger partial charge >= 0.3 is 5.97 Å². The molecule has 1 heterocycles. The Morgan fingerprint density at radius 2 is 2.33 bits per heavy atom. The van der Waals surface area contributed by atoms with E-state index < -0.39 is 12.0 Å². The molecule has 2 atom stereocenters. The van der Waals surface area contributed by atoms with Crippen molar-refractivity contribution in [3.05, 3.63) is 0 Å². The first-order chi connectivity index (χ1) is 7.16. The molecule has 4 heteroatoms. The van der Waals surface area contributed by atoms with Crippen LogP contribution >= 0.6 is 0 Å². The van der Waals surface area contributed by atoms with Crippen molar-refractivity contribution in [2.24, 2.45) is 0 Å². The van der Waals surface area contributed by atoms with Crippen molar-refractivity contribution >= 4 is 5.97 Å². The molecule has 88 valence electrons. The van der Waals surface area contributed by atoms with Crippen LogP contribution in [0.25, 0.3) is 0 Å². The van der Waals surface area contributed by atoms with Crippen molar-refractivity contribution in [3.63, 3.8) is 0 Å². The van der Waals surface area contributed by atoms with Gasteiger partial charge in [0.15, 0.2) is 0 Å². The second-order valence-corrected chi connectivity index (χ2v) is 4.06. The maximum Gasteiger partial charge on any atom is 0.320 e. The molecule has 0 radical (unpaired) electrons. The lowest BCUT2D eigenvalue weighted by Crippen LogP contribution is -2.50.